The van der Waals surface area contributed by atoms with E-state index in [0.717, 1.165) is 38.6 Å². The summed E-state index contributed by atoms with van der Waals surface area (Å²) in [7, 11) is 1.90. The van der Waals surface area contributed by atoms with Crippen LogP contribution in [0.2, 0.25) is 0 Å². The van der Waals surface area contributed by atoms with Gasteiger partial charge in [-0.3, -0.25) is 9.69 Å². The highest BCUT2D eigenvalue weighted by atomic mass is 32.1. The number of carbonyl (C=O) groups is 1. The smallest absolute Gasteiger partial charge is 0.236 e. The molecule has 0 atom stereocenters. The number of likely N-dealkylation sites (N-methyl/N-ethyl adjacent to an activating group) is 1. The molecular weight excluding hydrogens is 282 g/mol. The third-order valence-electron chi connectivity index (χ3n) is 4.17. The maximum Gasteiger partial charge on any atom is 0.236 e. The molecule has 1 amide bonds. The Balaban J connectivity index is 1.69. The summed E-state index contributed by atoms with van der Waals surface area (Å²) in [4.78, 5) is 16.4. The summed E-state index contributed by atoms with van der Waals surface area (Å²) in [5.41, 5.74) is 1.22. The lowest BCUT2D eigenvalue weighted by molar-refractivity contribution is -0.132. The van der Waals surface area contributed by atoms with Gasteiger partial charge in [-0.1, -0.05) is 6.92 Å². The molecule has 0 bridgehead atoms. The summed E-state index contributed by atoms with van der Waals surface area (Å²) >= 11 is 1.68. The summed E-state index contributed by atoms with van der Waals surface area (Å²) in [5, 5.41) is 7.59. The number of piperidine rings is 1. The van der Waals surface area contributed by atoms with Gasteiger partial charge in [-0.2, -0.15) is 11.3 Å². The molecule has 0 saturated carbocycles. The lowest BCUT2D eigenvalue weighted by atomic mass is 9.97. The summed E-state index contributed by atoms with van der Waals surface area (Å²) < 4.78 is 0. The van der Waals surface area contributed by atoms with Gasteiger partial charge in [-0.05, 0) is 67.3 Å². The Morgan fingerprint density at radius 2 is 2.24 bits per heavy atom. The molecule has 4 nitrogen and oxygen atoms in total. The van der Waals surface area contributed by atoms with E-state index in [9.17, 15) is 4.79 Å². The highest BCUT2D eigenvalue weighted by Crippen LogP contribution is 2.16. The van der Waals surface area contributed by atoms with Gasteiger partial charge in [0.2, 0.25) is 5.91 Å². The zero-order valence-electron chi connectivity index (χ0n) is 13.2. The topological polar surface area (TPSA) is 35.6 Å². The van der Waals surface area contributed by atoms with Gasteiger partial charge in [-0.25, -0.2) is 0 Å². The first kappa shape index (κ1) is 16.5. The van der Waals surface area contributed by atoms with Crippen molar-refractivity contribution in [1.29, 1.82) is 0 Å². The number of carbonyl (C=O) groups excluding carboxylic acids is 1. The zero-order valence-corrected chi connectivity index (χ0v) is 14.0. The van der Waals surface area contributed by atoms with Crippen molar-refractivity contribution in [3.05, 3.63) is 22.4 Å². The molecule has 2 rings (SSSR count). The Hall–Kier alpha value is -0.910. The largest absolute Gasteiger partial charge is 0.340 e. The Bertz CT molecular complexity index is 413. The fraction of sp³-hybridized carbons (Fsp3) is 0.688. The number of rotatable bonds is 7. The first-order valence-corrected chi connectivity index (χ1v) is 8.81. The lowest BCUT2D eigenvalue weighted by Gasteiger charge is -2.32. The predicted molar refractivity (Wildman–Crippen MR) is 88.5 cm³/mol. The molecule has 1 aliphatic heterocycles. The van der Waals surface area contributed by atoms with Crippen LogP contribution in [0.3, 0.4) is 0 Å². The minimum Gasteiger partial charge on any atom is -0.340 e. The van der Waals surface area contributed by atoms with E-state index in [1.807, 2.05) is 11.9 Å². The van der Waals surface area contributed by atoms with Gasteiger partial charge in [0.1, 0.15) is 0 Å². The van der Waals surface area contributed by atoms with Crippen LogP contribution >= 0.6 is 11.3 Å². The number of amides is 1. The maximum absolute atomic E-state index is 12.3. The van der Waals surface area contributed by atoms with Crippen LogP contribution in [0.15, 0.2) is 16.8 Å². The number of nitrogens with zero attached hydrogens (tertiary/aromatic N) is 2. The minimum atomic E-state index is 0.228. The molecule has 0 spiro atoms. The van der Waals surface area contributed by atoms with Crippen molar-refractivity contribution < 1.29 is 4.79 Å². The van der Waals surface area contributed by atoms with Crippen LogP contribution in [-0.4, -0.2) is 55.5 Å². The molecule has 118 valence electrons. The van der Waals surface area contributed by atoms with Crippen molar-refractivity contribution in [2.45, 2.75) is 26.3 Å². The summed E-state index contributed by atoms with van der Waals surface area (Å²) in [6.07, 6.45) is 2.41. The molecule has 21 heavy (non-hydrogen) atoms. The van der Waals surface area contributed by atoms with E-state index in [0.29, 0.717) is 6.54 Å². The van der Waals surface area contributed by atoms with Crippen molar-refractivity contribution in [3.63, 3.8) is 0 Å². The number of hydrogen-bond acceptors (Lipinski definition) is 4. The summed E-state index contributed by atoms with van der Waals surface area (Å²) in [6, 6.07) is 2.08. The molecule has 2 heterocycles. The highest BCUT2D eigenvalue weighted by molar-refractivity contribution is 7.07. The van der Waals surface area contributed by atoms with E-state index in [2.05, 4.69) is 34.0 Å². The van der Waals surface area contributed by atoms with E-state index < -0.39 is 0 Å². The second-order valence-corrected chi connectivity index (χ2v) is 6.69. The summed E-state index contributed by atoms with van der Waals surface area (Å²) in [5.74, 6) is 1.01. The maximum atomic E-state index is 12.3. The first-order chi connectivity index (χ1) is 10.2. The average Bonchev–Trinajstić information content (AvgIpc) is 2.99. The van der Waals surface area contributed by atoms with Crippen LogP contribution in [-0.2, 0) is 11.3 Å². The Morgan fingerprint density at radius 3 is 2.86 bits per heavy atom. The molecule has 0 aliphatic carbocycles. The lowest BCUT2D eigenvalue weighted by Crippen LogP contribution is -2.43. The third kappa shape index (κ3) is 5.41. The first-order valence-electron chi connectivity index (χ1n) is 7.87. The van der Waals surface area contributed by atoms with Gasteiger partial charge in [0, 0.05) is 13.6 Å². The van der Waals surface area contributed by atoms with Crippen LogP contribution in [0.5, 0.6) is 0 Å². The van der Waals surface area contributed by atoms with E-state index in [1.165, 1.54) is 18.4 Å². The van der Waals surface area contributed by atoms with Crippen LogP contribution in [0.1, 0.15) is 25.3 Å². The van der Waals surface area contributed by atoms with Crippen molar-refractivity contribution in [1.82, 2.24) is 15.1 Å². The SMILES string of the molecule is CCNCC1CCN(CC(=O)N(C)Cc2ccsc2)CC1. The average molecular weight is 309 g/mol. The fourth-order valence-corrected chi connectivity index (χ4v) is 3.41. The van der Waals surface area contributed by atoms with Crippen LogP contribution in [0, 0.1) is 5.92 Å². The van der Waals surface area contributed by atoms with E-state index >= 15 is 0 Å². The molecule has 1 aromatic heterocycles. The van der Waals surface area contributed by atoms with Gasteiger partial charge < -0.3 is 10.2 Å². The van der Waals surface area contributed by atoms with E-state index in [-0.39, 0.29) is 5.91 Å². The number of hydrogen-bond donors (Lipinski definition) is 1. The monoisotopic (exact) mass is 309 g/mol. The standard InChI is InChI=1S/C16H27N3OS/c1-3-17-10-14-4-7-19(8-5-14)12-16(20)18(2)11-15-6-9-21-13-15/h6,9,13-14,17H,3-5,7-8,10-12H2,1-2H3. The fourth-order valence-electron chi connectivity index (χ4n) is 2.75. The normalized spacial score (nSPS) is 17.0. The quantitative estimate of drug-likeness (QED) is 0.837. The number of likely N-dealkylation sites (tertiary alicyclic amines) is 1. The van der Waals surface area contributed by atoms with E-state index in [1.54, 1.807) is 11.3 Å². The Morgan fingerprint density at radius 1 is 1.48 bits per heavy atom. The molecule has 0 aromatic carbocycles. The van der Waals surface area contributed by atoms with Gasteiger partial charge in [-0.15, -0.1) is 0 Å². The Kier molecular flexibility index (Phi) is 6.67. The van der Waals surface area contributed by atoms with Gasteiger partial charge >= 0.3 is 0 Å². The molecule has 0 radical (unpaired) electrons. The summed E-state index contributed by atoms with van der Waals surface area (Å²) in [6.45, 7) is 7.70. The number of nitrogens with one attached hydrogen (secondary N) is 1. The van der Waals surface area contributed by atoms with Crippen LogP contribution < -0.4 is 5.32 Å². The van der Waals surface area contributed by atoms with Crippen molar-refractivity contribution in [2.24, 2.45) is 5.92 Å². The third-order valence-corrected chi connectivity index (χ3v) is 4.91. The molecular formula is C16H27N3OS. The highest BCUT2D eigenvalue weighted by Gasteiger charge is 2.21. The van der Waals surface area contributed by atoms with Crippen molar-refractivity contribution >= 4 is 17.2 Å². The van der Waals surface area contributed by atoms with Crippen molar-refractivity contribution in [3.8, 4) is 0 Å². The zero-order chi connectivity index (χ0) is 15.1. The number of thiophene rings is 1. The Labute approximate surface area is 132 Å². The second-order valence-electron chi connectivity index (χ2n) is 5.91. The second kappa shape index (κ2) is 8.51. The van der Waals surface area contributed by atoms with Gasteiger partial charge in [0.05, 0.1) is 6.54 Å². The van der Waals surface area contributed by atoms with E-state index in [4.69, 9.17) is 0 Å². The molecule has 1 N–H and O–H groups in total. The molecule has 5 heteroatoms. The van der Waals surface area contributed by atoms with Crippen LogP contribution in [0.4, 0.5) is 0 Å². The molecule has 1 fully saturated rings. The molecule has 1 saturated heterocycles. The minimum absolute atomic E-state index is 0.228. The molecule has 1 aromatic rings. The van der Waals surface area contributed by atoms with Crippen LogP contribution in [0.25, 0.3) is 0 Å². The van der Waals surface area contributed by atoms with Gasteiger partial charge in [0.15, 0.2) is 0 Å². The predicted octanol–water partition coefficient (Wildman–Crippen LogP) is 2.03. The van der Waals surface area contributed by atoms with Crippen molar-refractivity contribution in [2.75, 3.05) is 39.8 Å². The molecule has 0 unspecified atom stereocenters. The van der Waals surface area contributed by atoms with Gasteiger partial charge in [0.25, 0.3) is 0 Å². The molecule has 1 aliphatic rings.